The van der Waals surface area contributed by atoms with Crippen molar-refractivity contribution >= 4 is 5.97 Å². The molecular weight excluding hydrogens is 324 g/mol. The van der Waals surface area contributed by atoms with E-state index in [1.54, 1.807) is 19.2 Å². The molecule has 0 spiro atoms. The maximum absolute atomic E-state index is 12.5. The summed E-state index contributed by atoms with van der Waals surface area (Å²) in [5, 5.41) is 0. The zero-order chi connectivity index (χ0) is 18.4. The molecule has 132 valence electrons. The van der Waals surface area contributed by atoms with Crippen molar-refractivity contribution in [1.29, 1.82) is 0 Å². The standard InChI is InChI=1S/C23H22O3/c1-3-22(19-7-5-4-6-8-19)26-23(24)20-11-9-17(10-12-20)18-13-15-21(25-2)16-14-18/h4-16,22H,3H2,1-2H3. The molecule has 0 N–H and O–H groups in total. The molecule has 1 atom stereocenters. The van der Waals surface area contributed by atoms with Crippen LogP contribution in [0.2, 0.25) is 0 Å². The summed E-state index contributed by atoms with van der Waals surface area (Å²) in [6.45, 7) is 2.01. The molecule has 0 aliphatic carbocycles. The van der Waals surface area contributed by atoms with Crippen LogP contribution in [0.5, 0.6) is 5.75 Å². The summed E-state index contributed by atoms with van der Waals surface area (Å²) < 4.78 is 10.9. The highest BCUT2D eigenvalue weighted by Gasteiger charge is 2.16. The predicted octanol–water partition coefficient (Wildman–Crippen LogP) is 5.67. The van der Waals surface area contributed by atoms with Gasteiger partial charge in [0.1, 0.15) is 11.9 Å². The number of methoxy groups -OCH3 is 1. The van der Waals surface area contributed by atoms with Crippen LogP contribution in [0.1, 0.15) is 35.4 Å². The highest BCUT2D eigenvalue weighted by atomic mass is 16.5. The molecule has 0 aromatic heterocycles. The van der Waals surface area contributed by atoms with Crippen LogP contribution in [-0.2, 0) is 4.74 Å². The lowest BCUT2D eigenvalue weighted by Gasteiger charge is -2.16. The number of benzene rings is 3. The molecule has 3 aromatic carbocycles. The average Bonchev–Trinajstić information content (AvgIpc) is 2.72. The first kappa shape index (κ1) is 17.7. The lowest BCUT2D eigenvalue weighted by molar-refractivity contribution is 0.0288. The molecular formula is C23H22O3. The summed E-state index contributed by atoms with van der Waals surface area (Å²) in [7, 11) is 1.65. The molecule has 0 aliphatic heterocycles. The summed E-state index contributed by atoms with van der Waals surface area (Å²) >= 11 is 0. The molecule has 26 heavy (non-hydrogen) atoms. The molecule has 0 fully saturated rings. The minimum Gasteiger partial charge on any atom is -0.497 e. The van der Waals surface area contributed by atoms with E-state index in [-0.39, 0.29) is 12.1 Å². The number of rotatable bonds is 6. The molecule has 3 nitrogen and oxygen atoms in total. The van der Waals surface area contributed by atoms with E-state index in [0.29, 0.717) is 5.56 Å². The van der Waals surface area contributed by atoms with Crippen molar-refractivity contribution in [3.63, 3.8) is 0 Å². The Morgan fingerprint density at radius 1 is 0.846 bits per heavy atom. The lowest BCUT2D eigenvalue weighted by atomic mass is 10.0. The number of carbonyl (C=O) groups is 1. The van der Waals surface area contributed by atoms with E-state index in [2.05, 4.69) is 0 Å². The van der Waals surface area contributed by atoms with E-state index in [1.165, 1.54) is 0 Å². The van der Waals surface area contributed by atoms with Crippen molar-refractivity contribution in [2.45, 2.75) is 19.4 Å². The van der Waals surface area contributed by atoms with Gasteiger partial charge in [-0.2, -0.15) is 0 Å². The summed E-state index contributed by atoms with van der Waals surface area (Å²) in [6.07, 6.45) is 0.504. The molecule has 0 saturated heterocycles. The Bertz CT molecular complexity index is 837. The van der Waals surface area contributed by atoms with Crippen LogP contribution >= 0.6 is 0 Å². The zero-order valence-electron chi connectivity index (χ0n) is 15.0. The fourth-order valence-electron chi connectivity index (χ4n) is 2.83. The van der Waals surface area contributed by atoms with Crippen molar-refractivity contribution in [3.8, 4) is 16.9 Å². The van der Waals surface area contributed by atoms with Gasteiger partial charge in [0.05, 0.1) is 12.7 Å². The van der Waals surface area contributed by atoms with Crippen LogP contribution in [0.3, 0.4) is 0 Å². The van der Waals surface area contributed by atoms with Gasteiger partial charge in [-0.1, -0.05) is 61.5 Å². The number of ether oxygens (including phenoxy) is 2. The minimum absolute atomic E-state index is 0.232. The Hall–Kier alpha value is -3.07. The number of hydrogen-bond donors (Lipinski definition) is 0. The second-order valence-electron chi connectivity index (χ2n) is 6.02. The highest BCUT2D eigenvalue weighted by Crippen LogP contribution is 2.25. The van der Waals surface area contributed by atoms with Crippen molar-refractivity contribution in [2.75, 3.05) is 7.11 Å². The van der Waals surface area contributed by atoms with Crippen molar-refractivity contribution < 1.29 is 14.3 Å². The smallest absolute Gasteiger partial charge is 0.338 e. The first-order valence-electron chi connectivity index (χ1n) is 8.71. The molecule has 0 saturated carbocycles. The maximum Gasteiger partial charge on any atom is 0.338 e. The van der Waals surface area contributed by atoms with Crippen LogP contribution in [0.4, 0.5) is 0 Å². The number of esters is 1. The first-order valence-corrected chi connectivity index (χ1v) is 8.71. The summed E-state index contributed by atoms with van der Waals surface area (Å²) in [5.41, 5.74) is 3.68. The highest BCUT2D eigenvalue weighted by molar-refractivity contribution is 5.90. The Labute approximate surface area is 154 Å². The molecule has 0 amide bonds. The van der Waals surface area contributed by atoms with Gasteiger partial charge in [-0.05, 0) is 47.4 Å². The number of hydrogen-bond acceptors (Lipinski definition) is 3. The maximum atomic E-state index is 12.5. The molecule has 0 aliphatic rings. The third-order valence-electron chi connectivity index (χ3n) is 4.34. The third kappa shape index (κ3) is 4.12. The molecule has 0 heterocycles. The fourth-order valence-corrected chi connectivity index (χ4v) is 2.83. The SMILES string of the molecule is CCC(OC(=O)c1ccc(-c2ccc(OC)cc2)cc1)c1ccccc1. The molecule has 0 radical (unpaired) electrons. The van der Waals surface area contributed by atoms with E-state index in [9.17, 15) is 4.79 Å². The molecule has 3 aromatic rings. The topological polar surface area (TPSA) is 35.5 Å². The van der Waals surface area contributed by atoms with Gasteiger partial charge >= 0.3 is 5.97 Å². The van der Waals surface area contributed by atoms with Gasteiger partial charge in [-0.15, -0.1) is 0 Å². The van der Waals surface area contributed by atoms with Gasteiger partial charge < -0.3 is 9.47 Å². The van der Waals surface area contributed by atoms with Gasteiger partial charge in [0.2, 0.25) is 0 Å². The molecule has 1 unspecified atom stereocenters. The minimum atomic E-state index is -0.304. The first-order chi connectivity index (χ1) is 12.7. The van der Waals surface area contributed by atoms with E-state index in [1.807, 2.05) is 73.7 Å². The van der Waals surface area contributed by atoms with Crippen LogP contribution in [0.25, 0.3) is 11.1 Å². The van der Waals surface area contributed by atoms with E-state index >= 15 is 0 Å². The Morgan fingerprint density at radius 3 is 1.96 bits per heavy atom. The van der Waals surface area contributed by atoms with Gasteiger partial charge in [-0.3, -0.25) is 0 Å². The molecule has 0 bridgehead atoms. The van der Waals surface area contributed by atoms with Crippen molar-refractivity contribution in [3.05, 3.63) is 90.0 Å². The summed E-state index contributed by atoms with van der Waals surface area (Å²) in [6, 6.07) is 25.1. The lowest BCUT2D eigenvalue weighted by Crippen LogP contribution is -2.11. The average molecular weight is 346 g/mol. The third-order valence-corrected chi connectivity index (χ3v) is 4.34. The van der Waals surface area contributed by atoms with Crippen molar-refractivity contribution in [1.82, 2.24) is 0 Å². The molecule has 3 rings (SSSR count). The van der Waals surface area contributed by atoms with E-state index in [4.69, 9.17) is 9.47 Å². The number of carbonyl (C=O) groups excluding carboxylic acids is 1. The van der Waals surface area contributed by atoms with E-state index in [0.717, 1.165) is 28.9 Å². The van der Waals surface area contributed by atoms with Gasteiger partial charge in [0, 0.05) is 0 Å². The largest absolute Gasteiger partial charge is 0.497 e. The van der Waals surface area contributed by atoms with E-state index < -0.39 is 0 Å². The van der Waals surface area contributed by atoms with Gasteiger partial charge in [0.15, 0.2) is 0 Å². The second kappa shape index (κ2) is 8.34. The van der Waals surface area contributed by atoms with Crippen LogP contribution in [0.15, 0.2) is 78.9 Å². The van der Waals surface area contributed by atoms with Gasteiger partial charge in [0.25, 0.3) is 0 Å². The van der Waals surface area contributed by atoms with Crippen LogP contribution < -0.4 is 4.74 Å². The van der Waals surface area contributed by atoms with Crippen LogP contribution in [0, 0.1) is 0 Å². The quantitative estimate of drug-likeness (QED) is 0.539. The Morgan fingerprint density at radius 2 is 1.42 bits per heavy atom. The van der Waals surface area contributed by atoms with Crippen LogP contribution in [-0.4, -0.2) is 13.1 Å². The van der Waals surface area contributed by atoms with Crippen molar-refractivity contribution in [2.24, 2.45) is 0 Å². The zero-order valence-corrected chi connectivity index (χ0v) is 15.0. The second-order valence-corrected chi connectivity index (χ2v) is 6.02. The van der Waals surface area contributed by atoms with Gasteiger partial charge in [-0.25, -0.2) is 4.79 Å². The summed E-state index contributed by atoms with van der Waals surface area (Å²) in [5.74, 6) is 0.516. The molecule has 3 heteroatoms. The fraction of sp³-hybridized carbons (Fsp3) is 0.174. The normalized spacial score (nSPS) is 11.6. The predicted molar refractivity (Wildman–Crippen MR) is 103 cm³/mol. The Kier molecular flexibility index (Phi) is 5.69. The Balaban J connectivity index is 1.72. The monoisotopic (exact) mass is 346 g/mol. The summed E-state index contributed by atoms with van der Waals surface area (Å²) in [4.78, 5) is 12.5.